The highest BCUT2D eigenvalue weighted by molar-refractivity contribution is 9.10. The number of halogens is 1. The summed E-state index contributed by atoms with van der Waals surface area (Å²) in [6.45, 7) is 6.82. The fraction of sp³-hybridized carbons (Fsp3) is 0.600. The fourth-order valence-corrected chi connectivity index (χ4v) is 1.92. The van der Waals surface area contributed by atoms with Gasteiger partial charge in [-0.15, -0.1) is 0 Å². The summed E-state index contributed by atoms with van der Waals surface area (Å²) >= 11 is 3.46. The molecule has 0 fully saturated rings. The zero-order valence-corrected chi connectivity index (χ0v) is 10.4. The molecule has 0 aliphatic heterocycles. The highest BCUT2D eigenvalue weighted by Gasteiger charge is 2.18. The van der Waals surface area contributed by atoms with Gasteiger partial charge in [-0.05, 0) is 28.8 Å². The average molecular weight is 258 g/mol. The summed E-state index contributed by atoms with van der Waals surface area (Å²) in [5, 5.41) is 0. The standard InChI is InChI=1S/C10H16BrN3/c1-6(2)8(4-12)10-9(11)5-13-7(3)14-10/h5-6,8H,4,12H2,1-3H3. The maximum Gasteiger partial charge on any atom is 0.125 e. The van der Waals surface area contributed by atoms with Crippen LogP contribution in [0.5, 0.6) is 0 Å². The highest BCUT2D eigenvalue weighted by Crippen LogP contribution is 2.27. The average Bonchev–Trinajstić information content (AvgIpc) is 2.11. The molecule has 0 spiro atoms. The van der Waals surface area contributed by atoms with Crippen LogP contribution in [0.15, 0.2) is 10.7 Å². The summed E-state index contributed by atoms with van der Waals surface area (Å²) in [6, 6.07) is 0. The summed E-state index contributed by atoms with van der Waals surface area (Å²) in [5.41, 5.74) is 6.77. The van der Waals surface area contributed by atoms with E-state index < -0.39 is 0 Å². The van der Waals surface area contributed by atoms with E-state index in [1.807, 2.05) is 6.92 Å². The molecule has 0 radical (unpaired) electrons. The van der Waals surface area contributed by atoms with E-state index in [0.29, 0.717) is 18.4 Å². The van der Waals surface area contributed by atoms with Gasteiger partial charge in [0.2, 0.25) is 0 Å². The molecule has 2 N–H and O–H groups in total. The van der Waals surface area contributed by atoms with Crippen molar-refractivity contribution >= 4 is 15.9 Å². The normalized spacial score (nSPS) is 13.3. The van der Waals surface area contributed by atoms with E-state index in [1.54, 1.807) is 6.20 Å². The Morgan fingerprint density at radius 3 is 2.64 bits per heavy atom. The molecule has 1 unspecified atom stereocenters. The first-order valence-electron chi connectivity index (χ1n) is 4.75. The van der Waals surface area contributed by atoms with Crippen LogP contribution >= 0.6 is 15.9 Å². The lowest BCUT2D eigenvalue weighted by Gasteiger charge is -2.19. The van der Waals surface area contributed by atoms with E-state index in [4.69, 9.17) is 5.73 Å². The largest absolute Gasteiger partial charge is 0.330 e. The quantitative estimate of drug-likeness (QED) is 0.904. The molecule has 14 heavy (non-hydrogen) atoms. The van der Waals surface area contributed by atoms with Gasteiger partial charge in [0.15, 0.2) is 0 Å². The zero-order valence-electron chi connectivity index (χ0n) is 8.79. The van der Waals surface area contributed by atoms with Crippen molar-refractivity contribution in [3.8, 4) is 0 Å². The van der Waals surface area contributed by atoms with Crippen molar-refractivity contribution in [1.29, 1.82) is 0 Å². The number of nitrogens with zero attached hydrogens (tertiary/aromatic N) is 2. The topological polar surface area (TPSA) is 51.8 Å². The number of nitrogens with two attached hydrogens (primary N) is 1. The maximum absolute atomic E-state index is 5.74. The molecule has 4 heteroatoms. The number of rotatable bonds is 3. The van der Waals surface area contributed by atoms with E-state index in [-0.39, 0.29) is 0 Å². The van der Waals surface area contributed by atoms with Crippen molar-refractivity contribution in [2.45, 2.75) is 26.7 Å². The number of aromatic nitrogens is 2. The second-order valence-electron chi connectivity index (χ2n) is 3.74. The van der Waals surface area contributed by atoms with Gasteiger partial charge in [-0.2, -0.15) is 0 Å². The van der Waals surface area contributed by atoms with Crippen LogP contribution in [-0.4, -0.2) is 16.5 Å². The molecule has 1 atom stereocenters. The van der Waals surface area contributed by atoms with Crippen LogP contribution in [0.25, 0.3) is 0 Å². The van der Waals surface area contributed by atoms with Gasteiger partial charge in [0.1, 0.15) is 5.82 Å². The molecule has 0 aliphatic rings. The van der Waals surface area contributed by atoms with E-state index in [2.05, 4.69) is 39.7 Å². The minimum Gasteiger partial charge on any atom is -0.330 e. The molecule has 3 nitrogen and oxygen atoms in total. The summed E-state index contributed by atoms with van der Waals surface area (Å²) in [7, 11) is 0. The first-order chi connectivity index (χ1) is 6.56. The Bertz CT molecular complexity index is 312. The Morgan fingerprint density at radius 1 is 1.50 bits per heavy atom. The maximum atomic E-state index is 5.74. The van der Waals surface area contributed by atoms with Crippen LogP contribution < -0.4 is 5.73 Å². The molecule has 1 aromatic heterocycles. The zero-order chi connectivity index (χ0) is 10.7. The molecule has 1 rings (SSSR count). The lowest BCUT2D eigenvalue weighted by Crippen LogP contribution is -2.20. The molecule has 0 amide bonds. The molecule has 0 aliphatic carbocycles. The molecule has 0 bridgehead atoms. The van der Waals surface area contributed by atoms with Crippen LogP contribution in [0.2, 0.25) is 0 Å². The Morgan fingerprint density at radius 2 is 2.14 bits per heavy atom. The second kappa shape index (κ2) is 4.84. The molecule has 0 saturated carbocycles. The van der Waals surface area contributed by atoms with Gasteiger partial charge < -0.3 is 5.73 Å². The molecular weight excluding hydrogens is 242 g/mol. The van der Waals surface area contributed by atoms with Crippen LogP contribution in [0, 0.1) is 12.8 Å². The van der Waals surface area contributed by atoms with Crippen molar-refractivity contribution < 1.29 is 0 Å². The Hall–Kier alpha value is -0.480. The Labute approximate surface area is 93.3 Å². The van der Waals surface area contributed by atoms with Crippen LogP contribution in [0.3, 0.4) is 0 Å². The Kier molecular flexibility index (Phi) is 4.01. The number of hydrogen-bond acceptors (Lipinski definition) is 3. The summed E-state index contributed by atoms with van der Waals surface area (Å²) in [6.07, 6.45) is 1.79. The molecular formula is C10H16BrN3. The van der Waals surface area contributed by atoms with Crippen LogP contribution in [0.1, 0.15) is 31.3 Å². The third-order valence-corrected chi connectivity index (χ3v) is 2.91. The van der Waals surface area contributed by atoms with Gasteiger partial charge >= 0.3 is 0 Å². The summed E-state index contributed by atoms with van der Waals surface area (Å²) in [4.78, 5) is 8.54. The fourth-order valence-electron chi connectivity index (χ4n) is 1.43. The van der Waals surface area contributed by atoms with Crippen molar-refractivity contribution in [3.63, 3.8) is 0 Å². The van der Waals surface area contributed by atoms with Crippen LogP contribution in [-0.2, 0) is 0 Å². The smallest absolute Gasteiger partial charge is 0.125 e. The van der Waals surface area contributed by atoms with Gasteiger partial charge in [0, 0.05) is 18.7 Å². The van der Waals surface area contributed by atoms with Gasteiger partial charge in [-0.25, -0.2) is 9.97 Å². The molecule has 0 aromatic carbocycles. The third kappa shape index (κ3) is 2.51. The molecule has 0 saturated heterocycles. The SMILES string of the molecule is Cc1ncc(Br)c(C(CN)C(C)C)n1. The number of aryl methyl sites for hydroxylation is 1. The predicted molar refractivity (Wildman–Crippen MR) is 61.1 cm³/mol. The first-order valence-corrected chi connectivity index (χ1v) is 5.54. The highest BCUT2D eigenvalue weighted by atomic mass is 79.9. The van der Waals surface area contributed by atoms with Crippen molar-refractivity contribution in [2.24, 2.45) is 11.7 Å². The Balaban J connectivity index is 3.08. The van der Waals surface area contributed by atoms with E-state index in [0.717, 1.165) is 16.0 Å². The van der Waals surface area contributed by atoms with Gasteiger partial charge in [-0.1, -0.05) is 13.8 Å². The van der Waals surface area contributed by atoms with Gasteiger partial charge in [0.05, 0.1) is 10.2 Å². The molecule has 1 heterocycles. The summed E-state index contributed by atoms with van der Waals surface area (Å²) < 4.78 is 0.951. The van der Waals surface area contributed by atoms with E-state index in [1.165, 1.54) is 0 Å². The van der Waals surface area contributed by atoms with E-state index >= 15 is 0 Å². The number of hydrogen-bond donors (Lipinski definition) is 1. The van der Waals surface area contributed by atoms with Gasteiger partial charge in [-0.3, -0.25) is 0 Å². The second-order valence-corrected chi connectivity index (χ2v) is 4.59. The molecule has 1 aromatic rings. The predicted octanol–water partition coefficient (Wildman–Crippen LogP) is 2.25. The monoisotopic (exact) mass is 257 g/mol. The van der Waals surface area contributed by atoms with Crippen molar-refractivity contribution in [2.75, 3.05) is 6.54 Å². The van der Waals surface area contributed by atoms with Crippen LogP contribution in [0.4, 0.5) is 0 Å². The third-order valence-electron chi connectivity index (χ3n) is 2.30. The van der Waals surface area contributed by atoms with Crippen molar-refractivity contribution in [1.82, 2.24) is 9.97 Å². The van der Waals surface area contributed by atoms with Crippen molar-refractivity contribution in [3.05, 3.63) is 22.2 Å². The first kappa shape index (κ1) is 11.6. The minimum absolute atomic E-state index is 0.297. The van der Waals surface area contributed by atoms with Gasteiger partial charge in [0.25, 0.3) is 0 Å². The van der Waals surface area contributed by atoms with E-state index in [9.17, 15) is 0 Å². The lowest BCUT2D eigenvalue weighted by molar-refractivity contribution is 0.492. The summed E-state index contributed by atoms with van der Waals surface area (Å²) in [5.74, 6) is 1.58. The minimum atomic E-state index is 0.297. The lowest BCUT2D eigenvalue weighted by atomic mass is 9.92. The molecule has 78 valence electrons.